The van der Waals surface area contributed by atoms with E-state index in [0.29, 0.717) is 18.8 Å². The topological polar surface area (TPSA) is 75.6 Å². The van der Waals surface area contributed by atoms with E-state index < -0.39 is 0 Å². The van der Waals surface area contributed by atoms with Crippen molar-refractivity contribution in [3.63, 3.8) is 0 Å². The van der Waals surface area contributed by atoms with Crippen LogP contribution in [0.15, 0.2) is 53.5 Å². The smallest absolute Gasteiger partial charge is 0.272 e. The lowest BCUT2D eigenvalue weighted by atomic mass is 10.3. The molecule has 120 valence electrons. The monoisotopic (exact) mass is 337 g/mol. The lowest BCUT2D eigenvalue weighted by molar-refractivity contribution is 0.0946. The number of nitrogens with one attached hydrogen (secondary N) is 2. The molecule has 4 aromatic rings. The number of hydrogen-bond acceptors (Lipinski definition) is 4. The van der Waals surface area contributed by atoms with Crippen LogP contribution < -0.4 is 5.32 Å². The molecule has 3 aromatic heterocycles. The summed E-state index contributed by atoms with van der Waals surface area (Å²) >= 11 is 1.61. The lowest BCUT2D eigenvalue weighted by Crippen LogP contribution is -2.22. The van der Waals surface area contributed by atoms with E-state index in [0.717, 1.165) is 22.3 Å². The number of nitrogens with zero attached hydrogens (tertiary/aromatic N) is 3. The minimum Gasteiger partial charge on any atom is -0.347 e. The molecule has 3 heterocycles. The Labute approximate surface area is 142 Å². The molecule has 4 rings (SSSR count). The summed E-state index contributed by atoms with van der Waals surface area (Å²) in [4.78, 5) is 16.5. The first-order valence-corrected chi connectivity index (χ1v) is 8.47. The van der Waals surface area contributed by atoms with Gasteiger partial charge in [0.1, 0.15) is 5.69 Å². The van der Waals surface area contributed by atoms with Gasteiger partial charge in [0.15, 0.2) is 0 Å². The fourth-order valence-corrected chi connectivity index (χ4v) is 3.21. The standard InChI is InChI=1S/C17H15N5OS/c23-17(18-8-12-5-6-24-10-12)15-7-13(20-21-15)9-22-11-19-14-3-1-2-4-16(14)22/h1-7,10-11H,8-9H2,(H,18,23)(H,20,21). The van der Waals surface area contributed by atoms with Crippen molar-refractivity contribution in [2.75, 3.05) is 0 Å². The van der Waals surface area contributed by atoms with Crippen LogP contribution in [-0.4, -0.2) is 25.7 Å². The molecule has 0 atom stereocenters. The van der Waals surface area contributed by atoms with Gasteiger partial charge in [-0.05, 0) is 40.6 Å². The third-order valence-electron chi connectivity index (χ3n) is 3.76. The van der Waals surface area contributed by atoms with Crippen molar-refractivity contribution >= 4 is 28.3 Å². The zero-order valence-electron chi connectivity index (χ0n) is 12.8. The molecule has 0 spiro atoms. The van der Waals surface area contributed by atoms with Crippen LogP contribution in [0.3, 0.4) is 0 Å². The Morgan fingerprint density at radius 3 is 3.08 bits per heavy atom. The number of imidazole rings is 1. The average molecular weight is 337 g/mol. The molecule has 1 amide bonds. The first-order chi connectivity index (χ1) is 11.8. The Kier molecular flexibility index (Phi) is 3.84. The predicted molar refractivity (Wildman–Crippen MR) is 92.9 cm³/mol. The number of hydrogen-bond donors (Lipinski definition) is 2. The van der Waals surface area contributed by atoms with Crippen LogP contribution in [0.2, 0.25) is 0 Å². The maximum absolute atomic E-state index is 12.2. The van der Waals surface area contributed by atoms with Gasteiger partial charge in [-0.15, -0.1) is 0 Å². The maximum Gasteiger partial charge on any atom is 0.272 e. The number of carbonyl (C=O) groups is 1. The Hall–Kier alpha value is -2.93. The molecule has 0 radical (unpaired) electrons. The molecule has 2 N–H and O–H groups in total. The van der Waals surface area contributed by atoms with Crippen molar-refractivity contribution < 1.29 is 4.79 Å². The number of H-pyrrole nitrogens is 1. The highest BCUT2D eigenvalue weighted by Crippen LogP contribution is 2.13. The fourth-order valence-electron chi connectivity index (χ4n) is 2.54. The third kappa shape index (κ3) is 2.93. The number of para-hydroxylation sites is 2. The lowest BCUT2D eigenvalue weighted by Gasteiger charge is -2.01. The first-order valence-electron chi connectivity index (χ1n) is 7.53. The van der Waals surface area contributed by atoms with E-state index in [4.69, 9.17) is 0 Å². The molecule has 0 fully saturated rings. The Morgan fingerprint density at radius 1 is 1.29 bits per heavy atom. The molecule has 0 aliphatic carbocycles. The molecule has 24 heavy (non-hydrogen) atoms. The van der Waals surface area contributed by atoms with Gasteiger partial charge < -0.3 is 9.88 Å². The summed E-state index contributed by atoms with van der Waals surface area (Å²) in [6, 6.07) is 11.7. The first kappa shape index (κ1) is 14.6. The minimum atomic E-state index is -0.181. The number of aromatic amines is 1. The second-order valence-electron chi connectivity index (χ2n) is 5.45. The summed E-state index contributed by atoms with van der Waals surface area (Å²) in [7, 11) is 0. The van der Waals surface area contributed by atoms with Gasteiger partial charge in [-0.3, -0.25) is 9.89 Å². The van der Waals surface area contributed by atoms with Crippen LogP contribution >= 0.6 is 11.3 Å². The zero-order chi connectivity index (χ0) is 16.4. The van der Waals surface area contributed by atoms with Crippen molar-refractivity contribution in [1.29, 1.82) is 0 Å². The van der Waals surface area contributed by atoms with Crippen LogP contribution in [0.5, 0.6) is 0 Å². The van der Waals surface area contributed by atoms with E-state index >= 15 is 0 Å². The third-order valence-corrected chi connectivity index (χ3v) is 4.50. The molecule has 7 heteroatoms. The summed E-state index contributed by atoms with van der Waals surface area (Å²) in [6.45, 7) is 1.10. The van der Waals surface area contributed by atoms with Gasteiger partial charge >= 0.3 is 0 Å². The van der Waals surface area contributed by atoms with Gasteiger partial charge in [0.25, 0.3) is 5.91 Å². The number of fused-ring (bicyclic) bond motifs is 1. The molecule has 1 aromatic carbocycles. The quantitative estimate of drug-likeness (QED) is 0.588. The number of amides is 1. The molecule has 0 saturated heterocycles. The van der Waals surface area contributed by atoms with Crippen molar-refractivity contribution in [2.45, 2.75) is 13.1 Å². The summed E-state index contributed by atoms with van der Waals surface area (Å²) in [5.74, 6) is -0.181. The molecule has 0 unspecified atom stereocenters. The molecule has 0 aliphatic rings. The van der Waals surface area contributed by atoms with E-state index in [-0.39, 0.29) is 5.91 Å². The van der Waals surface area contributed by atoms with E-state index in [1.807, 2.05) is 45.7 Å². The molecule has 0 saturated carbocycles. The molecule has 0 aliphatic heterocycles. The second kappa shape index (κ2) is 6.29. The average Bonchev–Trinajstić information content (AvgIpc) is 3.35. The highest BCUT2D eigenvalue weighted by molar-refractivity contribution is 7.07. The number of rotatable bonds is 5. The SMILES string of the molecule is O=C(NCc1ccsc1)c1cc(Cn2cnc3ccccc32)[nH]n1. The van der Waals surface area contributed by atoms with E-state index in [2.05, 4.69) is 20.5 Å². The summed E-state index contributed by atoms with van der Waals surface area (Å²) in [5.41, 5.74) is 4.35. The van der Waals surface area contributed by atoms with E-state index in [1.165, 1.54) is 0 Å². The van der Waals surface area contributed by atoms with Gasteiger partial charge in [0, 0.05) is 6.54 Å². The number of thiophene rings is 1. The second-order valence-corrected chi connectivity index (χ2v) is 6.23. The Morgan fingerprint density at radius 2 is 2.21 bits per heavy atom. The normalized spacial score (nSPS) is 11.0. The summed E-state index contributed by atoms with van der Waals surface area (Å²) in [6.07, 6.45) is 1.79. The minimum absolute atomic E-state index is 0.181. The number of benzene rings is 1. The Balaban J connectivity index is 1.45. The molecule has 0 bridgehead atoms. The Bertz CT molecular complexity index is 970. The van der Waals surface area contributed by atoms with Crippen molar-refractivity contribution in [3.8, 4) is 0 Å². The van der Waals surface area contributed by atoms with Crippen LogP contribution in [0.4, 0.5) is 0 Å². The van der Waals surface area contributed by atoms with Crippen molar-refractivity contribution in [2.24, 2.45) is 0 Å². The van der Waals surface area contributed by atoms with Gasteiger partial charge in [-0.2, -0.15) is 16.4 Å². The van der Waals surface area contributed by atoms with Crippen LogP contribution in [-0.2, 0) is 13.1 Å². The van der Waals surface area contributed by atoms with Crippen LogP contribution in [0.25, 0.3) is 11.0 Å². The summed E-state index contributed by atoms with van der Waals surface area (Å²) < 4.78 is 2.02. The molecular formula is C17H15N5OS. The van der Waals surface area contributed by atoms with Gasteiger partial charge in [0.05, 0.1) is 29.6 Å². The maximum atomic E-state index is 12.2. The highest BCUT2D eigenvalue weighted by atomic mass is 32.1. The van der Waals surface area contributed by atoms with Gasteiger partial charge in [-0.1, -0.05) is 12.1 Å². The van der Waals surface area contributed by atoms with Gasteiger partial charge in [-0.25, -0.2) is 4.98 Å². The number of carbonyl (C=O) groups excluding carboxylic acids is 1. The molecule has 6 nitrogen and oxygen atoms in total. The van der Waals surface area contributed by atoms with Crippen LogP contribution in [0.1, 0.15) is 21.7 Å². The van der Waals surface area contributed by atoms with E-state index in [9.17, 15) is 4.79 Å². The predicted octanol–water partition coefficient (Wildman–Crippen LogP) is 2.80. The summed E-state index contributed by atoms with van der Waals surface area (Å²) in [5, 5.41) is 13.9. The largest absolute Gasteiger partial charge is 0.347 e. The number of aromatic nitrogens is 4. The van der Waals surface area contributed by atoms with Crippen molar-refractivity contribution in [3.05, 3.63) is 70.4 Å². The van der Waals surface area contributed by atoms with E-state index in [1.54, 1.807) is 23.7 Å². The highest BCUT2D eigenvalue weighted by Gasteiger charge is 2.11. The van der Waals surface area contributed by atoms with Gasteiger partial charge in [0.2, 0.25) is 0 Å². The van der Waals surface area contributed by atoms with Crippen molar-refractivity contribution in [1.82, 2.24) is 25.1 Å². The zero-order valence-corrected chi connectivity index (χ0v) is 13.6. The van der Waals surface area contributed by atoms with Crippen LogP contribution in [0, 0.1) is 0 Å². The fraction of sp³-hybridized carbons (Fsp3) is 0.118. The molecular weight excluding hydrogens is 322 g/mol.